The highest BCUT2D eigenvalue weighted by atomic mass is 35.5. The molecule has 0 saturated heterocycles. The van der Waals surface area contributed by atoms with E-state index in [9.17, 15) is 9.59 Å². The second kappa shape index (κ2) is 10.6. The van der Waals surface area contributed by atoms with E-state index in [1.165, 1.54) is 0 Å². The summed E-state index contributed by atoms with van der Waals surface area (Å²) >= 11 is 11.2. The number of benzene rings is 2. The molecule has 2 amide bonds. The number of nitrogens with two attached hydrogens (primary N) is 1. The Labute approximate surface area is 169 Å². The average Bonchev–Trinajstić information content (AvgIpc) is 2.64. The van der Waals surface area contributed by atoms with Crippen LogP contribution in [0.4, 0.5) is 0 Å². The Hall–Kier alpha value is -2.44. The number of nitrogens with one attached hydrogen (secondary N) is 1. The maximum absolute atomic E-state index is 12.3. The zero-order valence-corrected chi connectivity index (χ0v) is 16.4. The van der Waals surface area contributed by atoms with E-state index in [0.717, 1.165) is 17.5 Å². The largest absolute Gasteiger partial charge is 0.370 e. The number of rotatable bonds is 8. The molecule has 2 rings (SSSR count). The van der Waals surface area contributed by atoms with E-state index >= 15 is 0 Å². The smallest absolute Gasteiger partial charge is 0.230 e. The van der Waals surface area contributed by atoms with Crippen molar-refractivity contribution in [2.45, 2.75) is 19.3 Å². The summed E-state index contributed by atoms with van der Waals surface area (Å²) in [7, 11) is 0. The van der Waals surface area contributed by atoms with Gasteiger partial charge in [-0.2, -0.15) is 0 Å². The summed E-state index contributed by atoms with van der Waals surface area (Å²) in [4.78, 5) is 25.2. The zero-order chi connectivity index (χ0) is 19.6. The van der Waals surface area contributed by atoms with Crippen molar-refractivity contribution in [3.05, 3.63) is 70.7 Å². The molecule has 142 valence electrons. The zero-order valence-electron chi connectivity index (χ0n) is 14.9. The van der Waals surface area contributed by atoms with Crippen LogP contribution in [0.2, 0.25) is 5.02 Å². The second-order valence-electron chi connectivity index (χ2n) is 6.10. The van der Waals surface area contributed by atoms with E-state index in [1.54, 1.807) is 29.2 Å². The Morgan fingerprint density at radius 2 is 1.67 bits per heavy atom. The van der Waals surface area contributed by atoms with Gasteiger partial charge in [0.25, 0.3) is 0 Å². The van der Waals surface area contributed by atoms with E-state index in [2.05, 4.69) is 5.32 Å². The lowest BCUT2D eigenvalue weighted by Gasteiger charge is -2.25. The number of hydrogen-bond donors (Lipinski definition) is 2. The second-order valence-corrected chi connectivity index (χ2v) is 6.92. The van der Waals surface area contributed by atoms with Gasteiger partial charge in [-0.15, -0.1) is 0 Å². The summed E-state index contributed by atoms with van der Waals surface area (Å²) < 4.78 is 0. The van der Waals surface area contributed by atoms with Crippen LogP contribution >= 0.6 is 23.8 Å². The van der Waals surface area contributed by atoms with E-state index in [1.807, 2.05) is 30.3 Å². The van der Waals surface area contributed by atoms with Gasteiger partial charge in [-0.3, -0.25) is 9.59 Å². The first-order valence-corrected chi connectivity index (χ1v) is 9.38. The van der Waals surface area contributed by atoms with Crippen LogP contribution in [-0.4, -0.2) is 34.9 Å². The molecule has 2 aromatic carbocycles. The van der Waals surface area contributed by atoms with Crippen molar-refractivity contribution in [2.24, 2.45) is 5.73 Å². The molecule has 0 heterocycles. The molecule has 0 atom stereocenters. The van der Waals surface area contributed by atoms with Gasteiger partial charge in [-0.25, -0.2) is 0 Å². The lowest BCUT2D eigenvalue weighted by atomic mass is 10.1. The number of primary amides is 1. The maximum Gasteiger partial charge on any atom is 0.230 e. The highest BCUT2D eigenvalue weighted by molar-refractivity contribution is 7.80. The summed E-state index contributed by atoms with van der Waals surface area (Å²) in [6, 6.07) is 17.0. The van der Waals surface area contributed by atoms with Crippen LogP contribution in [0.3, 0.4) is 0 Å². The molecule has 0 aliphatic rings. The predicted octanol–water partition coefficient (Wildman–Crippen LogP) is 2.70. The Morgan fingerprint density at radius 3 is 2.30 bits per heavy atom. The van der Waals surface area contributed by atoms with Crippen LogP contribution < -0.4 is 11.1 Å². The molecule has 7 heteroatoms. The van der Waals surface area contributed by atoms with Crippen LogP contribution in [0.25, 0.3) is 0 Å². The Balaban J connectivity index is 1.93. The van der Waals surface area contributed by atoms with Gasteiger partial charge in [-0.1, -0.05) is 54.1 Å². The number of hydrogen-bond acceptors (Lipinski definition) is 3. The number of carbonyl (C=O) groups excluding carboxylic acids is 2. The Bertz CT molecular complexity index is 782. The van der Waals surface area contributed by atoms with Gasteiger partial charge in [-0.05, 0) is 41.9 Å². The molecule has 3 N–H and O–H groups in total. The van der Waals surface area contributed by atoms with E-state index in [-0.39, 0.29) is 18.7 Å². The molecule has 0 spiro atoms. The van der Waals surface area contributed by atoms with Crippen molar-refractivity contribution in [2.75, 3.05) is 13.1 Å². The minimum Gasteiger partial charge on any atom is -0.370 e. The van der Waals surface area contributed by atoms with E-state index < -0.39 is 5.91 Å². The number of carbonyl (C=O) groups is 2. The number of halogens is 1. The standard InChI is InChI=1S/C20H22ClN3O2S/c21-17-8-6-16(7-9-17)14-19(26)23-20(27)24(13-11-18(22)25)12-10-15-4-2-1-3-5-15/h1-9H,10-14H2,(H2,22,25)(H,23,26,27). The molecule has 0 radical (unpaired) electrons. The van der Waals surface area contributed by atoms with Gasteiger partial charge in [0.2, 0.25) is 11.8 Å². The molecule has 27 heavy (non-hydrogen) atoms. The first kappa shape index (κ1) is 20.9. The molecule has 2 aromatic rings. The summed E-state index contributed by atoms with van der Waals surface area (Å²) in [6.45, 7) is 0.944. The van der Waals surface area contributed by atoms with Gasteiger partial charge in [0.15, 0.2) is 5.11 Å². The van der Waals surface area contributed by atoms with Gasteiger partial charge in [0.1, 0.15) is 0 Å². The van der Waals surface area contributed by atoms with Crippen LogP contribution in [0, 0.1) is 0 Å². The fourth-order valence-corrected chi connectivity index (χ4v) is 2.92. The van der Waals surface area contributed by atoms with Gasteiger partial charge in [0.05, 0.1) is 6.42 Å². The quantitative estimate of drug-likeness (QED) is 0.664. The van der Waals surface area contributed by atoms with Crippen LogP contribution in [0.15, 0.2) is 54.6 Å². The molecule has 5 nitrogen and oxygen atoms in total. The van der Waals surface area contributed by atoms with E-state index in [4.69, 9.17) is 29.6 Å². The third kappa shape index (κ3) is 7.76. The monoisotopic (exact) mass is 403 g/mol. The fourth-order valence-electron chi connectivity index (χ4n) is 2.50. The van der Waals surface area contributed by atoms with E-state index in [0.29, 0.717) is 23.2 Å². The lowest BCUT2D eigenvalue weighted by Crippen LogP contribution is -2.45. The minimum atomic E-state index is -0.407. The van der Waals surface area contributed by atoms with Crippen LogP contribution in [0.1, 0.15) is 17.5 Å². The normalized spacial score (nSPS) is 10.3. The predicted molar refractivity (Wildman–Crippen MR) is 111 cm³/mol. The van der Waals surface area contributed by atoms with Crippen molar-refractivity contribution in [3.63, 3.8) is 0 Å². The SMILES string of the molecule is NC(=O)CCN(CCc1ccccc1)C(=S)NC(=O)Cc1ccc(Cl)cc1. The molecule has 0 aromatic heterocycles. The lowest BCUT2D eigenvalue weighted by molar-refractivity contribution is -0.119. The molecule has 0 unspecified atom stereocenters. The number of thiocarbonyl (C=S) groups is 1. The highest BCUT2D eigenvalue weighted by Gasteiger charge is 2.14. The number of nitrogens with zero attached hydrogens (tertiary/aromatic N) is 1. The summed E-state index contributed by atoms with van der Waals surface area (Å²) in [5.74, 6) is -0.624. The first-order valence-electron chi connectivity index (χ1n) is 8.59. The molecule has 0 bridgehead atoms. The highest BCUT2D eigenvalue weighted by Crippen LogP contribution is 2.10. The van der Waals surface area contributed by atoms with Gasteiger partial charge in [0, 0.05) is 24.5 Å². The van der Waals surface area contributed by atoms with Crippen molar-refractivity contribution >= 4 is 40.7 Å². The van der Waals surface area contributed by atoms with Crippen LogP contribution in [0.5, 0.6) is 0 Å². The molecule has 0 aliphatic carbocycles. The molecule has 0 saturated carbocycles. The molecular weight excluding hydrogens is 382 g/mol. The summed E-state index contributed by atoms with van der Waals surface area (Å²) in [6.07, 6.45) is 1.11. The van der Waals surface area contributed by atoms with Gasteiger partial charge >= 0.3 is 0 Å². The Morgan fingerprint density at radius 1 is 1.00 bits per heavy atom. The average molecular weight is 404 g/mol. The third-order valence-electron chi connectivity index (χ3n) is 3.95. The van der Waals surface area contributed by atoms with Crippen LogP contribution in [-0.2, 0) is 22.4 Å². The molecule has 0 fully saturated rings. The van der Waals surface area contributed by atoms with Crippen molar-refractivity contribution in [1.29, 1.82) is 0 Å². The fraction of sp³-hybridized carbons (Fsp3) is 0.250. The maximum atomic E-state index is 12.3. The summed E-state index contributed by atoms with van der Waals surface area (Å²) in [5, 5.41) is 3.65. The van der Waals surface area contributed by atoms with Gasteiger partial charge < -0.3 is 16.0 Å². The van der Waals surface area contributed by atoms with Crippen molar-refractivity contribution in [3.8, 4) is 0 Å². The summed E-state index contributed by atoms with van der Waals surface area (Å²) in [5.41, 5.74) is 7.25. The molecular formula is C20H22ClN3O2S. The first-order chi connectivity index (χ1) is 12.9. The number of amides is 2. The third-order valence-corrected chi connectivity index (χ3v) is 4.57. The van der Waals surface area contributed by atoms with Crippen molar-refractivity contribution < 1.29 is 9.59 Å². The minimum absolute atomic E-state index is 0.169. The Kier molecular flexibility index (Phi) is 8.23. The molecule has 0 aliphatic heterocycles. The topological polar surface area (TPSA) is 75.4 Å². The van der Waals surface area contributed by atoms with Crippen molar-refractivity contribution in [1.82, 2.24) is 10.2 Å².